The molecule has 0 spiro atoms. The molecule has 4 heteroatoms. The first-order valence-electron chi connectivity index (χ1n) is 6.74. The van der Waals surface area contributed by atoms with Crippen molar-refractivity contribution in [2.24, 2.45) is 0 Å². The van der Waals surface area contributed by atoms with Crippen LogP contribution in [-0.2, 0) is 0 Å². The lowest BCUT2D eigenvalue weighted by atomic mass is 9.97. The molecule has 0 fully saturated rings. The van der Waals surface area contributed by atoms with Crippen molar-refractivity contribution in [3.05, 3.63) is 28.8 Å². The highest BCUT2D eigenvalue weighted by atomic mass is 32.1. The maximum absolute atomic E-state index is 6.10. The molecule has 0 aromatic carbocycles. The summed E-state index contributed by atoms with van der Waals surface area (Å²) in [5.74, 6) is 1.15. The maximum atomic E-state index is 6.10. The summed E-state index contributed by atoms with van der Waals surface area (Å²) < 4.78 is 1.30. The zero-order valence-electron chi connectivity index (χ0n) is 11.4. The van der Waals surface area contributed by atoms with Crippen molar-refractivity contribution < 1.29 is 0 Å². The number of anilines is 1. The van der Waals surface area contributed by atoms with Crippen LogP contribution in [-0.4, -0.2) is 18.1 Å². The van der Waals surface area contributed by atoms with Crippen LogP contribution in [0.2, 0.25) is 0 Å². The third kappa shape index (κ3) is 2.15. The van der Waals surface area contributed by atoms with E-state index >= 15 is 0 Å². The highest BCUT2D eigenvalue weighted by Crippen LogP contribution is 2.39. The Kier molecular flexibility index (Phi) is 3.29. The molecule has 3 nitrogen and oxygen atoms in total. The summed E-state index contributed by atoms with van der Waals surface area (Å²) in [7, 11) is 0. The fourth-order valence-electron chi connectivity index (χ4n) is 2.61. The molecule has 0 saturated heterocycles. The number of nitrogens with two attached hydrogens (primary N) is 1. The standard InChI is InChI=1S/C15H19N3S/c1-9(2)12-8-19-14-11(7-18-15(16)13(12)14)10-3-5-17-6-4-10/h3,7-9,17H,4-6H2,1-2H3,(H2,16,18). The van der Waals surface area contributed by atoms with E-state index in [1.165, 1.54) is 21.4 Å². The lowest BCUT2D eigenvalue weighted by Gasteiger charge is -2.15. The van der Waals surface area contributed by atoms with Gasteiger partial charge < -0.3 is 11.1 Å². The van der Waals surface area contributed by atoms with Crippen molar-refractivity contribution in [3.8, 4) is 0 Å². The maximum Gasteiger partial charge on any atom is 0.132 e. The molecule has 0 radical (unpaired) electrons. The molecule has 1 aliphatic heterocycles. The van der Waals surface area contributed by atoms with Gasteiger partial charge in [-0.25, -0.2) is 4.98 Å². The lowest BCUT2D eigenvalue weighted by Crippen LogP contribution is -2.20. The first kappa shape index (κ1) is 12.6. The second-order valence-electron chi connectivity index (χ2n) is 5.29. The van der Waals surface area contributed by atoms with Crippen LogP contribution in [0.15, 0.2) is 17.7 Å². The zero-order chi connectivity index (χ0) is 13.4. The number of rotatable bonds is 2. The van der Waals surface area contributed by atoms with E-state index in [1.807, 2.05) is 6.20 Å². The number of hydrogen-bond donors (Lipinski definition) is 2. The summed E-state index contributed by atoms with van der Waals surface area (Å²) in [6.45, 7) is 6.40. The highest BCUT2D eigenvalue weighted by molar-refractivity contribution is 7.17. The van der Waals surface area contributed by atoms with Gasteiger partial charge in [0.1, 0.15) is 5.82 Å². The van der Waals surface area contributed by atoms with Crippen LogP contribution in [0.3, 0.4) is 0 Å². The van der Waals surface area contributed by atoms with Crippen molar-refractivity contribution in [1.82, 2.24) is 10.3 Å². The van der Waals surface area contributed by atoms with Crippen LogP contribution in [0.1, 0.15) is 37.3 Å². The zero-order valence-corrected chi connectivity index (χ0v) is 12.2. The van der Waals surface area contributed by atoms with Gasteiger partial charge in [-0.05, 0) is 35.4 Å². The molecule has 0 atom stereocenters. The van der Waals surface area contributed by atoms with Crippen molar-refractivity contribution in [2.75, 3.05) is 18.8 Å². The minimum Gasteiger partial charge on any atom is -0.383 e. The molecule has 0 saturated carbocycles. The normalized spacial score (nSPS) is 16.1. The fourth-order valence-corrected chi connectivity index (χ4v) is 3.90. The molecule has 3 N–H and O–H groups in total. The van der Waals surface area contributed by atoms with E-state index in [9.17, 15) is 0 Å². The van der Waals surface area contributed by atoms with Gasteiger partial charge in [-0.15, -0.1) is 11.3 Å². The molecule has 3 rings (SSSR count). The van der Waals surface area contributed by atoms with Gasteiger partial charge in [0.25, 0.3) is 0 Å². The number of fused-ring (bicyclic) bond motifs is 1. The van der Waals surface area contributed by atoms with Gasteiger partial charge >= 0.3 is 0 Å². The summed E-state index contributed by atoms with van der Waals surface area (Å²) in [5.41, 5.74) is 10.1. The topological polar surface area (TPSA) is 50.9 Å². The van der Waals surface area contributed by atoms with Crippen LogP contribution < -0.4 is 11.1 Å². The van der Waals surface area contributed by atoms with E-state index in [4.69, 9.17) is 5.73 Å². The highest BCUT2D eigenvalue weighted by Gasteiger charge is 2.17. The number of aromatic nitrogens is 1. The Morgan fingerprint density at radius 1 is 1.42 bits per heavy atom. The van der Waals surface area contributed by atoms with Gasteiger partial charge in [-0.1, -0.05) is 19.9 Å². The molecule has 0 amide bonds. The Bertz CT molecular complexity index is 640. The molecule has 0 bridgehead atoms. The summed E-state index contributed by atoms with van der Waals surface area (Å²) in [4.78, 5) is 4.42. The van der Waals surface area contributed by atoms with Gasteiger partial charge in [-0.3, -0.25) is 0 Å². The van der Waals surface area contributed by atoms with E-state index in [-0.39, 0.29) is 0 Å². The number of nitrogen functional groups attached to an aromatic ring is 1. The first-order valence-corrected chi connectivity index (χ1v) is 7.62. The third-order valence-corrected chi connectivity index (χ3v) is 4.72. The van der Waals surface area contributed by atoms with Crippen molar-refractivity contribution in [1.29, 1.82) is 0 Å². The van der Waals surface area contributed by atoms with Gasteiger partial charge in [0.2, 0.25) is 0 Å². The van der Waals surface area contributed by atoms with Crippen molar-refractivity contribution in [2.45, 2.75) is 26.2 Å². The van der Waals surface area contributed by atoms with Crippen molar-refractivity contribution in [3.63, 3.8) is 0 Å². The Morgan fingerprint density at radius 3 is 2.95 bits per heavy atom. The van der Waals surface area contributed by atoms with Crippen LogP contribution in [0, 0.1) is 0 Å². The van der Waals surface area contributed by atoms with E-state index in [1.54, 1.807) is 11.3 Å². The Balaban J connectivity index is 2.22. The van der Waals surface area contributed by atoms with Gasteiger partial charge in [0, 0.05) is 28.4 Å². The summed E-state index contributed by atoms with van der Waals surface area (Å²) in [6, 6.07) is 0. The second kappa shape index (κ2) is 4.94. The van der Waals surface area contributed by atoms with E-state index in [2.05, 4.69) is 35.6 Å². The molecular weight excluding hydrogens is 254 g/mol. The summed E-state index contributed by atoms with van der Waals surface area (Å²) in [5, 5.41) is 6.75. The van der Waals surface area contributed by atoms with Gasteiger partial charge in [0.05, 0.1) is 0 Å². The van der Waals surface area contributed by atoms with Gasteiger partial charge in [0.15, 0.2) is 0 Å². The SMILES string of the molecule is CC(C)c1csc2c(C3=CCNCC3)cnc(N)c12. The molecule has 1 aliphatic rings. The second-order valence-corrected chi connectivity index (χ2v) is 6.17. The van der Waals surface area contributed by atoms with Crippen LogP contribution in [0.25, 0.3) is 15.7 Å². The largest absolute Gasteiger partial charge is 0.383 e. The predicted molar refractivity (Wildman–Crippen MR) is 83.6 cm³/mol. The quantitative estimate of drug-likeness (QED) is 0.882. The van der Waals surface area contributed by atoms with Gasteiger partial charge in [-0.2, -0.15) is 0 Å². The number of thiophene rings is 1. The van der Waals surface area contributed by atoms with E-state index in [0.29, 0.717) is 11.7 Å². The molecular formula is C15H19N3S. The minimum atomic E-state index is 0.482. The van der Waals surface area contributed by atoms with E-state index in [0.717, 1.165) is 24.9 Å². The lowest BCUT2D eigenvalue weighted by molar-refractivity contribution is 0.739. The molecule has 0 unspecified atom stereocenters. The number of hydrogen-bond acceptors (Lipinski definition) is 4. The Labute approximate surface area is 117 Å². The fraction of sp³-hybridized carbons (Fsp3) is 0.400. The van der Waals surface area contributed by atoms with Crippen LogP contribution in [0.5, 0.6) is 0 Å². The summed E-state index contributed by atoms with van der Waals surface area (Å²) in [6.07, 6.45) is 5.27. The average Bonchev–Trinajstić information content (AvgIpc) is 2.86. The third-order valence-electron chi connectivity index (χ3n) is 3.68. The number of pyridine rings is 1. The molecule has 100 valence electrons. The molecule has 2 aromatic rings. The predicted octanol–water partition coefficient (Wildman–Crippen LogP) is 3.38. The van der Waals surface area contributed by atoms with Crippen LogP contribution in [0.4, 0.5) is 5.82 Å². The van der Waals surface area contributed by atoms with Crippen LogP contribution >= 0.6 is 11.3 Å². The molecule has 3 heterocycles. The monoisotopic (exact) mass is 273 g/mol. The minimum absolute atomic E-state index is 0.482. The number of nitrogens with one attached hydrogen (secondary N) is 1. The summed E-state index contributed by atoms with van der Waals surface area (Å²) >= 11 is 1.80. The molecule has 0 aliphatic carbocycles. The Morgan fingerprint density at radius 2 is 2.26 bits per heavy atom. The molecule has 2 aromatic heterocycles. The number of nitrogens with zero attached hydrogens (tertiary/aromatic N) is 1. The average molecular weight is 273 g/mol. The Hall–Kier alpha value is -1.39. The van der Waals surface area contributed by atoms with Crippen molar-refractivity contribution >= 4 is 32.8 Å². The van der Waals surface area contributed by atoms with E-state index < -0.39 is 0 Å². The smallest absolute Gasteiger partial charge is 0.132 e. The molecule has 19 heavy (non-hydrogen) atoms. The first-order chi connectivity index (χ1) is 9.18.